The highest BCUT2D eigenvalue weighted by Crippen LogP contribution is 2.20. The summed E-state index contributed by atoms with van der Waals surface area (Å²) in [6.07, 6.45) is 1.25. The summed E-state index contributed by atoms with van der Waals surface area (Å²) in [7, 11) is -1.94. The van der Waals surface area contributed by atoms with Gasteiger partial charge < -0.3 is 10.2 Å². The van der Waals surface area contributed by atoms with E-state index in [9.17, 15) is 18.6 Å². The molecule has 1 rings (SSSR count). The Labute approximate surface area is 164 Å². The Kier molecular flexibility index (Phi) is 11.1. The minimum atomic E-state index is -0.993. The summed E-state index contributed by atoms with van der Waals surface area (Å²) in [4.78, 5) is 0. The van der Waals surface area contributed by atoms with E-state index in [4.69, 9.17) is 0 Å². The fraction of sp³-hybridized carbons (Fsp3) is 0.700. The molecule has 1 aromatic rings. The van der Waals surface area contributed by atoms with Crippen molar-refractivity contribution in [1.82, 2.24) is 0 Å². The summed E-state index contributed by atoms with van der Waals surface area (Å²) < 4.78 is 24.2. The van der Waals surface area contributed by atoms with Crippen molar-refractivity contribution >= 4 is 21.6 Å². The van der Waals surface area contributed by atoms with E-state index in [1.807, 2.05) is 38.1 Å². The Morgan fingerprint density at radius 1 is 0.846 bits per heavy atom. The molecule has 0 saturated heterocycles. The first-order valence-electron chi connectivity index (χ1n) is 8.62. The van der Waals surface area contributed by atoms with Crippen LogP contribution in [0.15, 0.2) is 24.3 Å². The van der Waals surface area contributed by atoms with Gasteiger partial charge in [0.05, 0.1) is 5.60 Å². The van der Waals surface area contributed by atoms with Crippen LogP contribution < -0.4 is 0 Å². The lowest BCUT2D eigenvalue weighted by atomic mass is 9.92. The smallest absolute Gasteiger partial charge is 0.0600 e. The molecule has 0 bridgehead atoms. The zero-order chi connectivity index (χ0) is 19.1. The van der Waals surface area contributed by atoms with Gasteiger partial charge in [0.1, 0.15) is 0 Å². The molecular formula is C20H36O4S2. The fourth-order valence-corrected chi connectivity index (χ4v) is 5.01. The Bertz CT molecular complexity index is 574. The first-order valence-corrected chi connectivity index (χ1v) is 11.6. The Hall–Kier alpha value is -0.560. The Morgan fingerprint density at radius 3 is 1.58 bits per heavy atom. The van der Waals surface area contributed by atoms with Crippen molar-refractivity contribution in [3.63, 3.8) is 0 Å². The van der Waals surface area contributed by atoms with E-state index in [0.717, 1.165) is 17.5 Å². The minimum absolute atomic E-state index is 0. The molecule has 2 atom stereocenters. The molecule has 26 heavy (non-hydrogen) atoms. The largest absolute Gasteiger partial charge is 0.396 e. The third-order valence-corrected chi connectivity index (χ3v) is 6.68. The lowest BCUT2D eigenvalue weighted by Gasteiger charge is -2.20. The van der Waals surface area contributed by atoms with Gasteiger partial charge in [0.15, 0.2) is 0 Å². The van der Waals surface area contributed by atoms with Gasteiger partial charge in [-0.1, -0.05) is 45.5 Å². The zero-order valence-electron chi connectivity index (χ0n) is 15.8. The number of hydrogen-bond acceptors (Lipinski definition) is 4. The van der Waals surface area contributed by atoms with Gasteiger partial charge in [-0.15, -0.1) is 0 Å². The van der Waals surface area contributed by atoms with Crippen LogP contribution in [0.2, 0.25) is 0 Å². The molecule has 4 nitrogen and oxygen atoms in total. The fourth-order valence-electron chi connectivity index (χ4n) is 2.08. The molecule has 0 saturated carbocycles. The summed E-state index contributed by atoms with van der Waals surface area (Å²) >= 11 is 0. The number of aliphatic hydroxyl groups excluding tert-OH is 1. The second kappa shape index (κ2) is 11.3. The number of aliphatic hydroxyl groups is 2. The number of benzene rings is 1. The molecule has 0 spiro atoms. The van der Waals surface area contributed by atoms with E-state index < -0.39 is 27.2 Å². The van der Waals surface area contributed by atoms with E-state index in [2.05, 4.69) is 0 Å². The van der Waals surface area contributed by atoms with Gasteiger partial charge in [0, 0.05) is 51.2 Å². The predicted molar refractivity (Wildman–Crippen MR) is 113 cm³/mol. The van der Waals surface area contributed by atoms with E-state index in [0.29, 0.717) is 29.4 Å². The van der Waals surface area contributed by atoms with Gasteiger partial charge in [-0.2, -0.15) is 0 Å². The topological polar surface area (TPSA) is 74.6 Å². The summed E-state index contributed by atoms with van der Waals surface area (Å²) in [5.74, 6) is 2.04. The van der Waals surface area contributed by atoms with Crippen LogP contribution in [-0.2, 0) is 33.1 Å². The number of hydrogen-bond donors (Lipinski definition) is 2. The van der Waals surface area contributed by atoms with Crippen molar-refractivity contribution in [1.29, 1.82) is 0 Å². The first-order chi connectivity index (χ1) is 11.5. The summed E-state index contributed by atoms with van der Waals surface area (Å²) in [5.41, 5.74) is 1.03. The zero-order valence-corrected chi connectivity index (χ0v) is 17.4. The molecule has 0 aromatic heterocycles. The van der Waals surface area contributed by atoms with Crippen LogP contribution in [0.4, 0.5) is 0 Å². The molecule has 6 heteroatoms. The van der Waals surface area contributed by atoms with Crippen molar-refractivity contribution in [2.75, 3.05) is 18.1 Å². The second-order valence-electron chi connectivity index (χ2n) is 8.03. The SMILES string of the molecule is C.CC(C)(O)CCS(=O)Cc1ccc(CS(=O)CCC(C)(C)CO)cc1. The van der Waals surface area contributed by atoms with Crippen LogP contribution in [0.5, 0.6) is 0 Å². The van der Waals surface area contributed by atoms with E-state index in [1.165, 1.54) is 0 Å². The highest BCUT2D eigenvalue weighted by atomic mass is 32.2. The van der Waals surface area contributed by atoms with Crippen LogP contribution >= 0.6 is 0 Å². The highest BCUT2D eigenvalue weighted by Gasteiger charge is 2.18. The van der Waals surface area contributed by atoms with Gasteiger partial charge in [-0.3, -0.25) is 8.42 Å². The predicted octanol–water partition coefficient (Wildman–Crippen LogP) is 3.39. The first kappa shape index (κ1) is 25.4. The average molecular weight is 405 g/mol. The monoisotopic (exact) mass is 404 g/mol. The van der Waals surface area contributed by atoms with Crippen LogP contribution in [0.3, 0.4) is 0 Å². The van der Waals surface area contributed by atoms with Gasteiger partial charge in [0.25, 0.3) is 0 Å². The van der Waals surface area contributed by atoms with Crippen molar-refractivity contribution in [3.05, 3.63) is 35.4 Å². The Balaban J connectivity index is 0.00000625. The molecule has 1 aromatic carbocycles. The van der Waals surface area contributed by atoms with Gasteiger partial charge in [0.2, 0.25) is 0 Å². The van der Waals surface area contributed by atoms with Crippen molar-refractivity contribution in [2.45, 2.75) is 65.1 Å². The van der Waals surface area contributed by atoms with Crippen LogP contribution in [-0.4, -0.2) is 42.3 Å². The summed E-state index contributed by atoms with van der Waals surface area (Å²) in [5, 5.41) is 18.9. The van der Waals surface area contributed by atoms with Crippen LogP contribution in [0.1, 0.15) is 59.1 Å². The Morgan fingerprint density at radius 2 is 1.23 bits per heavy atom. The molecule has 0 radical (unpaired) electrons. The molecule has 0 aliphatic heterocycles. The number of rotatable bonds is 11. The van der Waals surface area contributed by atoms with E-state index in [1.54, 1.807) is 13.8 Å². The van der Waals surface area contributed by atoms with Crippen molar-refractivity contribution < 1.29 is 18.6 Å². The van der Waals surface area contributed by atoms with Crippen LogP contribution in [0.25, 0.3) is 0 Å². The second-order valence-corrected chi connectivity index (χ2v) is 11.2. The molecule has 2 N–H and O–H groups in total. The maximum absolute atomic E-state index is 12.2. The maximum atomic E-state index is 12.2. The third-order valence-electron chi connectivity index (χ3n) is 4.05. The molecule has 2 unspecified atom stereocenters. The molecule has 0 amide bonds. The average Bonchev–Trinajstić information content (AvgIpc) is 2.52. The standard InChI is InChI=1S/C19H32O4S2.CH4/c1-18(2,15-20)9-11-24(22)13-16-5-7-17(8-6-16)14-25(23)12-10-19(3,4)21;/h5-8,20-21H,9-15H2,1-4H3;1H4. The highest BCUT2D eigenvalue weighted by molar-refractivity contribution is 7.84. The molecule has 0 aliphatic rings. The van der Waals surface area contributed by atoms with Crippen LogP contribution in [0, 0.1) is 5.41 Å². The van der Waals surface area contributed by atoms with E-state index in [-0.39, 0.29) is 19.4 Å². The molecular weight excluding hydrogens is 368 g/mol. The van der Waals surface area contributed by atoms with Gasteiger partial charge >= 0.3 is 0 Å². The normalized spacial score (nSPS) is 14.5. The minimum Gasteiger partial charge on any atom is -0.396 e. The molecule has 0 fully saturated rings. The van der Waals surface area contributed by atoms with Gasteiger partial charge in [-0.05, 0) is 43.2 Å². The van der Waals surface area contributed by atoms with Gasteiger partial charge in [-0.25, -0.2) is 0 Å². The van der Waals surface area contributed by atoms with Crippen molar-refractivity contribution in [2.24, 2.45) is 5.41 Å². The third kappa shape index (κ3) is 11.2. The quantitative estimate of drug-likeness (QED) is 0.593. The molecule has 0 heterocycles. The summed E-state index contributed by atoms with van der Waals surface area (Å²) in [6.45, 7) is 7.49. The lowest BCUT2D eigenvalue weighted by Crippen LogP contribution is -2.21. The van der Waals surface area contributed by atoms with E-state index >= 15 is 0 Å². The summed E-state index contributed by atoms with van der Waals surface area (Å²) in [6, 6.07) is 7.76. The molecule has 152 valence electrons. The molecule has 0 aliphatic carbocycles. The van der Waals surface area contributed by atoms with Crippen molar-refractivity contribution in [3.8, 4) is 0 Å². The maximum Gasteiger partial charge on any atom is 0.0600 e. The lowest BCUT2D eigenvalue weighted by molar-refractivity contribution is 0.0775.